The Bertz CT molecular complexity index is 1110. The van der Waals surface area contributed by atoms with Crippen LogP contribution in [0.15, 0.2) is 65.3 Å². The highest BCUT2D eigenvalue weighted by Crippen LogP contribution is 2.40. The zero-order valence-electron chi connectivity index (χ0n) is 16.9. The van der Waals surface area contributed by atoms with Crippen LogP contribution in [-0.2, 0) is 11.3 Å². The maximum Gasteiger partial charge on any atom is 0.251 e. The van der Waals surface area contributed by atoms with Gasteiger partial charge in [-0.15, -0.1) is 0 Å². The summed E-state index contributed by atoms with van der Waals surface area (Å²) in [7, 11) is 1.60. The number of anilines is 2. The fraction of sp³-hybridized carbons (Fsp3) is 0.217. The Morgan fingerprint density at radius 1 is 1.23 bits per heavy atom. The normalized spacial score (nSPS) is 19.4. The minimum absolute atomic E-state index is 0.0130. The maximum atomic E-state index is 13.1. The number of carbonyl (C=O) groups excluding carboxylic acids is 2. The molecule has 8 heteroatoms. The highest BCUT2D eigenvalue weighted by atomic mass is 16.5. The average Bonchev–Trinajstić information content (AvgIpc) is 3.45. The summed E-state index contributed by atoms with van der Waals surface area (Å²) in [5.74, 6) is 0.936. The molecule has 3 heterocycles. The van der Waals surface area contributed by atoms with Gasteiger partial charge in [0, 0.05) is 17.8 Å². The van der Waals surface area contributed by atoms with E-state index in [0.29, 0.717) is 24.4 Å². The topological polar surface area (TPSA) is 95.8 Å². The molecule has 0 aliphatic carbocycles. The first-order chi connectivity index (χ1) is 15.1. The number of furan rings is 1. The van der Waals surface area contributed by atoms with Gasteiger partial charge >= 0.3 is 0 Å². The number of fused-ring (bicyclic) bond motifs is 3. The van der Waals surface area contributed by atoms with Crippen molar-refractivity contribution in [2.45, 2.75) is 12.6 Å². The van der Waals surface area contributed by atoms with Crippen LogP contribution in [0.2, 0.25) is 0 Å². The molecule has 2 atom stereocenters. The van der Waals surface area contributed by atoms with Crippen LogP contribution >= 0.6 is 0 Å². The Hall–Kier alpha value is -3.78. The standard InChI is InChI=1S/C23H22N4O4/c1-30-16-7-5-15(6-8-16)27-23(29)19-13-24-20-9-4-14(11-18(20)21(19)26-27)22(28)25-12-17-3-2-10-31-17/h2-11,19,21,24,26H,12-13H2,1H3,(H,25,28). The van der Waals surface area contributed by atoms with Gasteiger partial charge in [-0.05, 0) is 60.2 Å². The SMILES string of the molecule is COc1ccc(N2NC3c4cc(C(=O)NCc5ccco5)ccc4NCC3C2=O)cc1. The van der Waals surface area contributed by atoms with Crippen LogP contribution in [0.1, 0.15) is 27.7 Å². The van der Waals surface area contributed by atoms with Crippen molar-refractivity contribution < 1.29 is 18.7 Å². The van der Waals surface area contributed by atoms with Gasteiger partial charge in [0.1, 0.15) is 11.5 Å². The minimum Gasteiger partial charge on any atom is -0.497 e. The van der Waals surface area contributed by atoms with E-state index in [2.05, 4.69) is 16.1 Å². The second kappa shape index (κ2) is 7.81. The van der Waals surface area contributed by atoms with E-state index in [9.17, 15) is 9.59 Å². The van der Waals surface area contributed by atoms with Gasteiger partial charge in [0.2, 0.25) is 5.91 Å². The van der Waals surface area contributed by atoms with Gasteiger partial charge in [-0.2, -0.15) is 0 Å². The predicted octanol–water partition coefficient (Wildman–Crippen LogP) is 2.85. The molecular weight excluding hydrogens is 396 g/mol. The molecule has 8 nitrogen and oxygen atoms in total. The second-order valence-electron chi connectivity index (χ2n) is 7.53. The Morgan fingerprint density at radius 2 is 2.06 bits per heavy atom. The molecule has 1 saturated heterocycles. The van der Waals surface area contributed by atoms with E-state index in [4.69, 9.17) is 9.15 Å². The quantitative estimate of drug-likeness (QED) is 0.590. The molecule has 3 aromatic rings. The van der Waals surface area contributed by atoms with Gasteiger partial charge in [0.15, 0.2) is 0 Å². The van der Waals surface area contributed by atoms with Gasteiger partial charge in [-0.3, -0.25) is 9.59 Å². The van der Waals surface area contributed by atoms with Crippen LogP contribution < -0.4 is 25.8 Å². The fourth-order valence-corrected chi connectivity index (χ4v) is 4.05. The Balaban J connectivity index is 1.37. The second-order valence-corrected chi connectivity index (χ2v) is 7.53. The summed E-state index contributed by atoms with van der Waals surface area (Å²) in [5, 5.41) is 7.76. The zero-order valence-corrected chi connectivity index (χ0v) is 16.9. The number of benzene rings is 2. The number of nitrogens with zero attached hydrogens (tertiary/aromatic N) is 1. The Morgan fingerprint density at radius 3 is 2.81 bits per heavy atom. The third-order valence-electron chi connectivity index (χ3n) is 5.70. The first kappa shape index (κ1) is 19.2. The van der Waals surface area contributed by atoms with Gasteiger partial charge in [-0.25, -0.2) is 10.4 Å². The van der Waals surface area contributed by atoms with E-state index >= 15 is 0 Å². The number of rotatable bonds is 5. The molecule has 2 aromatic carbocycles. The number of ether oxygens (including phenoxy) is 1. The maximum absolute atomic E-state index is 13.1. The Kier molecular flexibility index (Phi) is 4.83. The third kappa shape index (κ3) is 3.51. The van der Waals surface area contributed by atoms with Crippen molar-refractivity contribution in [2.75, 3.05) is 24.0 Å². The lowest BCUT2D eigenvalue weighted by Gasteiger charge is -2.27. The molecule has 0 radical (unpaired) electrons. The molecule has 5 rings (SSSR count). The summed E-state index contributed by atoms with van der Waals surface area (Å²) in [6.07, 6.45) is 1.57. The van der Waals surface area contributed by atoms with E-state index in [1.165, 1.54) is 0 Å². The lowest BCUT2D eigenvalue weighted by molar-refractivity contribution is -0.120. The van der Waals surface area contributed by atoms with E-state index in [0.717, 1.165) is 22.7 Å². The van der Waals surface area contributed by atoms with Crippen molar-refractivity contribution in [3.8, 4) is 5.75 Å². The molecule has 0 bridgehead atoms. The molecule has 0 saturated carbocycles. The molecule has 2 aliphatic heterocycles. The zero-order chi connectivity index (χ0) is 21.4. The monoisotopic (exact) mass is 418 g/mol. The molecule has 2 amide bonds. The fourth-order valence-electron chi connectivity index (χ4n) is 4.05. The smallest absolute Gasteiger partial charge is 0.251 e. The van der Waals surface area contributed by atoms with Crippen molar-refractivity contribution in [3.05, 3.63) is 77.7 Å². The van der Waals surface area contributed by atoms with E-state index < -0.39 is 0 Å². The van der Waals surface area contributed by atoms with Crippen molar-refractivity contribution in [3.63, 3.8) is 0 Å². The van der Waals surface area contributed by atoms with E-state index in [-0.39, 0.29) is 23.8 Å². The van der Waals surface area contributed by atoms with E-state index in [1.54, 1.807) is 30.5 Å². The number of hydrogen-bond acceptors (Lipinski definition) is 6. The van der Waals surface area contributed by atoms with Gasteiger partial charge in [-0.1, -0.05) is 0 Å². The number of methoxy groups -OCH3 is 1. The van der Waals surface area contributed by atoms with Crippen LogP contribution in [0.5, 0.6) is 5.75 Å². The van der Waals surface area contributed by atoms with E-state index in [1.807, 2.05) is 42.5 Å². The van der Waals surface area contributed by atoms with Gasteiger partial charge < -0.3 is 19.8 Å². The summed E-state index contributed by atoms with van der Waals surface area (Å²) in [6.45, 7) is 0.843. The summed E-state index contributed by atoms with van der Waals surface area (Å²) < 4.78 is 10.5. The van der Waals surface area contributed by atoms with Gasteiger partial charge in [0.25, 0.3) is 5.91 Å². The average molecular weight is 418 g/mol. The minimum atomic E-state index is -0.268. The molecule has 0 spiro atoms. The van der Waals surface area contributed by atoms with Crippen molar-refractivity contribution in [1.82, 2.24) is 10.7 Å². The molecule has 1 fully saturated rings. The molecule has 2 unspecified atom stereocenters. The molecule has 3 N–H and O–H groups in total. The molecule has 31 heavy (non-hydrogen) atoms. The van der Waals surface area contributed by atoms with Gasteiger partial charge in [0.05, 0.1) is 37.6 Å². The number of nitrogens with one attached hydrogen (secondary N) is 3. The number of hydrazine groups is 1. The Labute approximate surface area is 179 Å². The summed E-state index contributed by atoms with van der Waals surface area (Å²) >= 11 is 0. The summed E-state index contributed by atoms with van der Waals surface area (Å²) in [5.41, 5.74) is 6.42. The van der Waals surface area contributed by atoms with Crippen LogP contribution in [0.3, 0.4) is 0 Å². The van der Waals surface area contributed by atoms with Crippen molar-refractivity contribution >= 4 is 23.2 Å². The van der Waals surface area contributed by atoms with Crippen LogP contribution in [0.4, 0.5) is 11.4 Å². The van der Waals surface area contributed by atoms with Crippen molar-refractivity contribution in [1.29, 1.82) is 0 Å². The molecular formula is C23H22N4O4. The molecule has 1 aromatic heterocycles. The number of amides is 2. The summed E-state index contributed by atoms with van der Waals surface area (Å²) in [6, 6.07) is 16.2. The largest absolute Gasteiger partial charge is 0.497 e. The first-order valence-electron chi connectivity index (χ1n) is 10.1. The third-order valence-corrected chi connectivity index (χ3v) is 5.70. The van der Waals surface area contributed by atoms with Crippen LogP contribution in [0, 0.1) is 5.92 Å². The van der Waals surface area contributed by atoms with Crippen LogP contribution in [0.25, 0.3) is 0 Å². The van der Waals surface area contributed by atoms with Crippen molar-refractivity contribution in [2.24, 2.45) is 5.92 Å². The first-order valence-corrected chi connectivity index (χ1v) is 10.1. The molecule has 2 aliphatic rings. The molecule has 158 valence electrons. The van der Waals surface area contributed by atoms with Crippen LogP contribution in [-0.4, -0.2) is 25.5 Å². The lowest BCUT2D eigenvalue weighted by Crippen LogP contribution is -2.35. The lowest BCUT2D eigenvalue weighted by atomic mass is 9.88. The number of carbonyl (C=O) groups is 2. The highest BCUT2D eigenvalue weighted by Gasteiger charge is 2.44. The highest BCUT2D eigenvalue weighted by molar-refractivity contribution is 5.99. The number of hydrogen-bond donors (Lipinski definition) is 3. The summed E-state index contributed by atoms with van der Waals surface area (Å²) in [4.78, 5) is 25.7. The predicted molar refractivity (Wildman–Crippen MR) is 115 cm³/mol.